The standard InChI is InChI=1S/C15H15ClFNO/c1-10-2-7-14(13(16)8-10)18-9-15(19)11-3-5-12(17)6-4-11/h2-8,15,18-19H,9H2,1H3. The monoisotopic (exact) mass is 279 g/mol. The van der Waals surface area contributed by atoms with Crippen LogP contribution in [-0.4, -0.2) is 11.7 Å². The molecule has 0 aliphatic carbocycles. The molecule has 0 saturated heterocycles. The van der Waals surface area contributed by atoms with Crippen molar-refractivity contribution in [3.8, 4) is 0 Å². The molecule has 2 N–H and O–H groups in total. The van der Waals surface area contributed by atoms with E-state index in [0.29, 0.717) is 17.1 Å². The molecule has 1 unspecified atom stereocenters. The highest BCUT2D eigenvalue weighted by Gasteiger charge is 2.08. The number of rotatable bonds is 4. The van der Waals surface area contributed by atoms with Gasteiger partial charge in [-0.1, -0.05) is 29.8 Å². The van der Waals surface area contributed by atoms with Crippen molar-refractivity contribution in [1.82, 2.24) is 0 Å². The molecule has 2 nitrogen and oxygen atoms in total. The minimum absolute atomic E-state index is 0.314. The summed E-state index contributed by atoms with van der Waals surface area (Å²) in [6.07, 6.45) is -0.710. The van der Waals surface area contributed by atoms with Gasteiger partial charge in [-0.05, 0) is 42.3 Å². The van der Waals surface area contributed by atoms with Crippen molar-refractivity contribution in [2.24, 2.45) is 0 Å². The number of aliphatic hydroxyl groups excluding tert-OH is 1. The summed E-state index contributed by atoms with van der Waals surface area (Å²) in [5, 5.41) is 13.7. The smallest absolute Gasteiger partial charge is 0.123 e. The van der Waals surface area contributed by atoms with Gasteiger partial charge in [-0.3, -0.25) is 0 Å². The van der Waals surface area contributed by atoms with Crippen molar-refractivity contribution >= 4 is 17.3 Å². The van der Waals surface area contributed by atoms with Gasteiger partial charge in [0.25, 0.3) is 0 Å². The largest absolute Gasteiger partial charge is 0.387 e. The molecule has 2 aromatic carbocycles. The third-order valence-corrected chi connectivity index (χ3v) is 3.18. The van der Waals surface area contributed by atoms with Crippen LogP contribution >= 0.6 is 11.6 Å². The molecule has 0 bridgehead atoms. The van der Waals surface area contributed by atoms with Crippen LogP contribution < -0.4 is 5.32 Å². The second kappa shape index (κ2) is 6.04. The predicted molar refractivity (Wildman–Crippen MR) is 76.0 cm³/mol. The predicted octanol–water partition coefficient (Wildman–Crippen LogP) is 3.93. The third-order valence-electron chi connectivity index (χ3n) is 2.87. The summed E-state index contributed by atoms with van der Waals surface area (Å²) in [7, 11) is 0. The van der Waals surface area contributed by atoms with Crippen LogP contribution in [0.2, 0.25) is 5.02 Å². The summed E-state index contributed by atoms with van der Waals surface area (Å²) in [6.45, 7) is 2.28. The molecule has 0 saturated carbocycles. The zero-order valence-electron chi connectivity index (χ0n) is 10.5. The highest BCUT2D eigenvalue weighted by Crippen LogP contribution is 2.23. The Hall–Kier alpha value is -1.58. The Morgan fingerprint density at radius 3 is 2.53 bits per heavy atom. The average Bonchev–Trinajstić information content (AvgIpc) is 2.38. The number of hydrogen-bond donors (Lipinski definition) is 2. The third kappa shape index (κ3) is 3.69. The maximum Gasteiger partial charge on any atom is 0.123 e. The van der Waals surface area contributed by atoms with E-state index in [1.165, 1.54) is 12.1 Å². The van der Waals surface area contributed by atoms with Gasteiger partial charge in [0.05, 0.1) is 16.8 Å². The molecule has 0 heterocycles. The zero-order valence-corrected chi connectivity index (χ0v) is 11.3. The Balaban J connectivity index is 2.00. The average molecular weight is 280 g/mol. The van der Waals surface area contributed by atoms with Crippen LogP contribution in [0.1, 0.15) is 17.2 Å². The number of aliphatic hydroxyl groups is 1. The summed E-state index contributed by atoms with van der Waals surface area (Å²) in [6, 6.07) is 11.5. The number of hydrogen-bond acceptors (Lipinski definition) is 2. The van der Waals surface area contributed by atoms with E-state index in [1.807, 2.05) is 25.1 Å². The second-order valence-corrected chi connectivity index (χ2v) is 4.84. The summed E-state index contributed by atoms with van der Waals surface area (Å²) >= 11 is 6.09. The Labute approximate surface area is 116 Å². The van der Waals surface area contributed by atoms with E-state index in [2.05, 4.69) is 5.32 Å². The molecular formula is C15H15ClFNO. The highest BCUT2D eigenvalue weighted by molar-refractivity contribution is 6.33. The summed E-state index contributed by atoms with van der Waals surface area (Å²) < 4.78 is 12.8. The Bertz CT molecular complexity index is 557. The molecule has 0 radical (unpaired) electrons. The number of anilines is 1. The highest BCUT2D eigenvalue weighted by atomic mass is 35.5. The van der Waals surface area contributed by atoms with Gasteiger partial charge < -0.3 is 10.4 Å². The lowest BCUT2D eigenvalue weighted by atomic mass is 10.1. The van der Waals surface area contributed by atoms with Gasteiger partial charge in [-0.25, -0.2) is 4.39 Å². The van der Waals surface area contributed by atoms with Gasteiger partial charge in [0.1, 0.15) is 5.82 Å². The Morgan fingerprint density at radius 2 is 1.89 bits per heavy atom. The summed E-state index contributed by atoms with van der Waals surface area (Å²) in [5.41, 5.74) is 2.51. The van der Waals surface area contributed by atoms with E-state index in [1.54, 1.807) is 12.1 Å². The molecule has 100 valence electrons. The number of aryl methyl sites for hydroxylation is 1. The van der Waals surface area contributed by atoms with Gasteiger partial charge in [0.2, 0.25) is 0 Å². The van der Waals surface area contributed by atoms with E-state index >= 15 is 0 Å². The van der Waals surface area contributed by atoms with Gasteiger partial charge in [-0.2, -0.15) is 0 Å². The first kappa shape index (κ1) is 13.8. The van der Waals surface area contributed by atoms with Crippen molar-refractivity contribution in [3.63, 3.8) is 0 Å². The van der Waals surface area contributed by atoms with Gasteiger partial charge >= 0.3 is 0 Å². The van der Waals surface area contributed by atoms with Gasteiger partial charge in [-0.15, -0.1) is 0 Å². The maximum absolute atomic E-state index is 12.8. The normalized spacial score (nSPS) is 12.2. The lowest BCUT2D eigenvalue weighted by molar-refractivity contribution is 0.191. The molecule has 0 amide bonds. The summed E-state index contributed by atoms with van der Waals surface area (Å²) in [4.78, 5) is 0. The first-order valence-corrected chi connectivity index (χ1v) is 6.37. The molecule has 0 spiro atoms. The van der Waals surface area contributed by atoms with Crippen LogP contribution in [-0.2, 0) is 0 Å². The van der Waals surface area contributed by atoms with Crippen molar-refractivity contribution < 1.29 is 9.50 Å². The lowest BCUT2D eigenvalue weighted by Crippen LogP contribution is -2.12. The minimum atomic E-state index is -0.710. The van der Waals surface area contributed by atoms with Crippen LogP contribution in [0.15, 0.2) is 42.5 Å². The van der Waals surface area contributed by atoms with Gasteiger partial charge in [0, 0.05) is 6.54 Å². The fraction of sp³-hybridized carbons (Fsp3) is 0.200. The fourth-order valence-corrected chi connectivity index (χ4v) is 2.07. The quantitative estimate of drug-likeness (QED) is 0.889. The van der Waals surface area contributed by atoms with Crippen molar-refractivity contribution in [1.29, 1.82) is 0 Å². The molecule has 0 aliphatic heterocycles. The second-order valence-electron chi connectivity index (χ2n) is 4.43. The molecule has 0 aliphatic rings. The number of benzene rings is 2. The van der Waals surface area contributed by atoms with Crippen molar-refractivity contribution in [2.75, 3.05) is 11.9 Å². The lowest BCUT2D eigenvalue weighted by Gasteiger charge is -2.14. The van der Waals surface area contributed by atoms with Crippen LogP contribution in [0.25, 0.3) is 0 Å². The number of halogens is 2. The Morgan fingerprint density at radius 1 is 1.21 bits per heavy atom. The van der Waals surface area contributed by atoms with Gasteiger partial charge in [0.15, 0.2) is 0 Å². The van der Waals surface area contributed by atoms with Crippen molar-refractivity contribution in [2.45, 2.75) is 13.0 Å². The van der Waals surface area contributed by atoms with Crippen LogP contribution in [0.3, 0.4) is 0 Å². The first-order chi connectivity index (χ1) is 9.06. The van der Waals surface area contributed by atoms with E-state index in [4.69, 9.17) is 11.6 Å². The molecule has 4 heteroatoms. The molecule has 1 atom stereocenters. The van der Waals surface area contributed by atoms with Crippen molar-refractivity contribution in [3.05, 3.63) is 64.4 Å². The molecular weight excluding hydrogens is 265 g/mol. The first-order valence-electron chi connectivity index (χ1n) is 6.00. The van der Waals surface area contributed by atoms with E-state index in [0.717, 1.165) is 11.3 Å². The van der Waals surface area contributed by atoms with E-state index < -0.39 is 6.10 Å². The van der Waals surface area contributed by atoms with Crippen LogP contribution in [0.4, 0.5) is 10.1 Å². The molecule has 2 rings (SSSR count). The molecule has 19 heavy (non-hydrogen) atoms. The van der Waals surface area contributed by atoms with E-state index in [9.17, 15) is 9.50 Å². The van der Waals surface area contributed by atoms with Crippen LogP contribution in [0, 0.1) is 12.7 Å². The van der Waals surface area contributed by atoms with Crippen LogP contribution in [0.5, 0.6) is 0 Å². The van der Waals surface area contributed by atoms with E-state index in [-0.39, 0.29) is 5.82 Å². The fourth-order valence-electron chi connectivity index (χ4n) is 1.77. The molecule has 2 aromatic rings. The Kier molecular flexibility index (Phi) is 4.40. The summed E-state index contributed by atoms with van der Waals surface area (Å²) in [5.74, 6) is -0.314. The maximum atomic E-state index is 12.8. The number of nitrogens with one attached hydrogen (secondary N) is 1. The molecule has 0 fully saturated rings. The SMILES string of the molecule is Cc1ccc(NCC(O)c2ccc(F)cc2)c(Cl)c1. The minimum Gasteiger partial charge on any atom is -0.387 e. The molecule has 0 aromatic heterocycles. The zero-order chi connectivity index (χ0) is 13.8. The topological polar surface area (TPSA) is 32.3 Å².